The van der Waals surface area contributed by atoms with Crippen molar-refractivity contribution in [3.8, 4) is 11.5 Å². The number of methoxy groups -OCH3 is 2. The predicted molar refractivity (Wildman–Crippen MR) is 112 cm³/mol. The standard InChI is InChI=1S/C20H29N3O3S/c1-13-6-5-7-17(14(13)2)21-20(27)23-22-19(24)11-9-15-8-10-16(25-3)12-18(15)26-4/h8-14,17H,5-7H2,1-4H3,(H,22,24)(H2,21,23,27)/b11-9+/t13-,14-,17-/m1/s1. The number of benzene rings is 1. The van der Waals surface area contributed by atoms with Gasteiger partial charge in [-0.05, 0) is 48.7 Å². The van der Waals surface area contributed by atoms with Gasteiger partial charge in [0.2, 0.25) is 0 Å². The average molecular weight is 392 g/mol. The fourth-order valence-electron chi connectivity index (χ4n) is 3.27. The van der Waals surface area contributed by atoms with Crippen LogP contribution in [0.5, 0.6) is 11.5 Å². The molecule has 1 aliphatic carbocycles. The van der Waals surface area contributed by atoms with Crippen LogP contribution >= 0.6 is 12.2 Å². The Balaban J connectivity index is 1.83. The summed E-state index contributed by atoms with van der Waals surface area (Å²) in [5, 5.41) is 3.74. The van der Waals surface area contributed by atoms with Crippen molar-refractivity contribution in [2.75, 3.05) is 14.2 Å². The first-order chi connectivity index (χ1) is 12.9. The maximum atomic E-state index is 12.0. The third-order valence-corrected chi connectivity index (χ3v) is 5.40. The minimum absolute atomic E-state index is 0.304. The van der Waals surface area contributed by atoms with Gasteiger partial charge >= 0.3 is 0 Å². The summed E-state index contributed by atoms with van der Waals surface area (Å²) in [5.74, 6) is 2.25. The number of carbonyl (C=O) groups is 1. The zero-order chi connectivity index (χ0) is 19.8. The number of amides is 1. The largest absolute Gasteiger partial charge is 0.497 e. The quantitative estimate of drug-likeness (QED) is 0.407. The van der Waals surface area contributed by atoms with Gasteiger partial charge in [0.05, 0.1) is 14.2 Å². The zero-order valence-corrected chi connectivity index (χ0v) is 17.2. The van der Waals surface area contributed by atoms with Crippen molar-refractivity contribution in [1.29, 1.82) is 0 Å². The van der Waals surface area contributed by atoms with Crippen molar-refractivity contribution in [2.24, 2.45) is 11.8 Å². The lowest BCUT2D eigenvalue weighted by atomic mass is 9.78. The molecule has 1 fully saturated rings. The Morgan fingerprint density at radius 1 is 1.19 bits per heavy atom. The summed E-state index contributed by atoms with van der Waals surface area (Å²) in [6.45, 7) is 4.52. The summed E-state index contributed by atoms with van der Waals surface area (Å²) in [7, 11) is 3.17. The van der Waals surface area contributed by atoms with Crippen LogP contribution in [0.2, 0.25) is 0 Å². The molecule has 0 aliphatic heterocycles. The van der Waals surface area contributed by atoms with Crippen LogP contribution in [0.15, 0.2) is 24.3 Å². The molecule has 0 saturated heterocycles. The minimum Gasteiger partial charge on any atom is -0.497 e. The van der Waals surface area contributed by atoms with Crippen molar-refractivity contribution < 1.29 is 14.3 Å². The normalized spacial score (nSPS) is 22.1. The molecule has 7 heteroatoms. The summed E-state index contributed by atoms with van der Waals surface area (Å²) in [6.07, 6.45) is 6.65. The van der Waals surface area contributed by atoms with Crippen molar-refractivity contribution >= 4 is 29.3 Å². The van der Waals surface area contributed by atoms with E-state index < -0.39 is 0 Å². The molecule has 1 saturated carbocycles. The van der Waals surface area contributed by atoms with E-state index in [1.54, 1.807) is 26.4 Å². The van der Waals surface area contributed by atoms with Gasteiger partial charge in [-0.15, -0.1) is 0 Å². The Hall–Kier alpha value is -2.28. The third kappa shape index (κ3) is 6.13. The van der Waals surface area contributed by atoms with E-state index in [0.29, 0.717) is 34.5 Å². The van der Waals surface area contributed by atoms with Crippen LogP contribution in [0.1, 0.15) is 38.7 Å². The van der Waals surface area contributed by atoms with Crippen LogP contribution in [0.3, 0.4) is 0 Å². The molecule has 3 atom stereocenters. The first-order valence-electron chi connectivity index (χ1n) is 9.21. The molecule has 148 valence electrons. The highest BCUT2D eigenvalue weighted by Crippen LogP contribution is 2.29. The van der Waals surface area contributed by atoms with Crippen LogP contribution < -0.4 is 25.6 Å². The van der Waals surface area contributed by atoms with Gasteiger partial charge in [0, 0.05) is 23.7 Å². The number of ether oxygens (including phenoxy) is 2. The highest BCUT2D eigenvalue weighted by atomic mass is 32.1. The second-order valence-corrected chi connectivity index (χ2v) is 7.31. The van der Waals surface area contributed by atoms with E-state index >= 15 is 0 Å². The number of carbonyl (C=O) groups excluding carboxylic acids is 1. The Morgan fingerprint density at radius 2 is 1.96 bits per heavy atom. The monoisotopic (exact) mass is 391 g/mol. The fraction of sp³-hybridized carbons (Fsp3) is 0.500. The molecule has 1 amide bonds. The predicted octanol–water partition coefficient (Wildman–Crippen LogP) is 3.04. The molecular formula is C20H29N3O3S. The molecule has 0 aromatic heterocycles. The van der Waals surface area contributed by atoms with Crippen LogP contribution in [0.25, 0.3) is 6.08 Å². The molecule has 1 aliphatic rings. The van der Waals surface area contributed by atoms with Crippen LogP contribution in [-0.4, -0.2) is 31.3 Å². The van der Waals surface area contributed by atoms with Crippen LogP contribution in [0, 0.1) is 11.8 Å². The first kappa shape index (κ1) is 21.0. The molecule has 0 spiro atoms. The van der Waals surface area contributed by atoms with E-state index in [2.05, 4.69) is 30.0 Å². The summed E-state index contributed by atoms with van der Waals surface area (Å²) in [6, 6.07) is 5.74. The zero-order valence-electron chi connectivity index (χ0n) is 16.4. The van der Waals surface area contributed by atoms with Gasteiger partial charge in [0.15, 0.2) is 5.11 Å². The van der Waals surface area contributed by atoms with Gasteiger partial charge in [0.25, 0.3) is 5.91 Å². The Bertz CT molecular complexity index is 693. The third-order valence-electron chi connectivity index (χ3n) is 5.18. The van der Waals surface area contributed by atoms with Gasteiger partial charge in [-0.3, -0.25) is 15.6 Å². The molecule has 0 unspecified atom stereocenters. The van der Waals surface area contributed by atoms with E-state index in [4.69, 9.17) is 21.7 Å². The molecule has 6 nitrogen and oxygen atoms in total. The van der Waals surface area contributed by atoms with E-state index in [9.17, 15) is 4.79 Å². The van der Waals surface area contributed by atoms with Crippen molar-refractivity contribution in [2.45, 2.75) is 39.2 Å². The Morgan fingerprint density at radius 3 is 2.67 bits per heavy atom. The summed E-state index contributed by atoms with van der Waals surface area (Å²) >= 11 is 5.29. The van der Waals surface area contributed by atoms with Crippen LogP contribution in [0.4, 0.5) is 0 Å². The second-order valence-electron chi connectivity index (χ2n) is 6.90. The van der Waals surface area contributed by atoms with Gasteiger partial charge in [-0.1, -0.05) is 26.7 Å². The summed E-state index contributed by atoms with van der Waals surface area (Å²) in [4.78, 5) is 12.0. The fourth-order valence-corrected chi connectivity index (χ4v) is 3.47. The number of thiocarbonyl (C=S) groups is 1. The Labute approximate surface area is 166 Å². The summed E-state index contributed by atoms with van der Waals surface area (Å²) < 4.78 is 10.5. The smallest absolute Gasteiger partial charge is 0.262 e. The SMILES string of the molecule is COc1ccc(/C=C/C(=O)NNC(=S)N[C@@H]2CCC[C@@H](C)[C@H]2C)c(OC)c1. The second kappa shape index (κ2) is 10.2. The molecule has 3 N–H and O–H groups in total. The van der Waals surface area contributed by atoms with Crippen molar-refractivity contribution in [3.05, 3.63) is 29.8 Å². The van der Waals surface area contributed by atoms with Gasteiger partial charge in [-0.2, -0.15) is 0 Å². The highest BCUT2D eigenvalue weighted by molar-refractivity contribution is 7.80. The minimum atomic E-state index is -0.304. The van der Waals surface area contributed by atoms with E-state index in [-0.39, 0.29) is 5.91 Å². The van der Waals surface area contributed by atoms with Gasteiger partial charge < -0.3 is 14.8 Å². The lowest BCUT2D eigenvalue weighted by Crippen LogP contribution is -2.52. The highest BCUT2D eigenvalue weighted by Gasteiger charge is 2.27. The number of hydrogen-bond donors (Lipinski definition) is 3. The van der Waals surface area contributed by atoms with Crippen molar-refractivity contribution in [3.63, 3.8) is 0 Å². The van der Waals surface area contributed by atoms with Gasteiger partial charge in [0.1, 0.15) is 11.5 Å². The first-order valence-corrected chi connectivity index (χ1v) is 9.62. The lowest BCUT2D eigenvalue weighted by molar-refractivity contribution is -0.116. The number of rotatable bonds is 5. The maximum Gasteiger partial charge on any atom is 0.262 e. The van der Waals surface area contributed by atoms with Crippen molar-refractivity contribution in [1.82, 2.24) is 16.2 Å². The topological polar surface area (TPSA) is 71.6 Å². The number of nitrogens with one attached hydrogen (secondary N) is 3. The molecule has 1 aromatic carbocycles. The van der Waals surface area contributed by atoms with E-state index in [1.165, 1.54) is 18.9 Å². The average Bonchev–Trinajstić information content (AvgIpc) is 2.68. The molecule has 1 aromatic rings. The van der Waals surface area contributed by atoms with E-state index in [1.807, 2.05) is 12.1 Å². The number of hydrogen-bond acceptors (Lipinski definition) is 4. The number of hydrazine groups is 1. The Kier molecular flexibility index (Phi) is 7.91. The molecule has 0 bridgehead atoms. The van der Waals surface area contributed by atoms with Gasteiger partial charge in [-0.25, -0.2) is 0 Å². The lowest BCUT2D eigenvalue weighted by Gasteiger charge is -2.35. The molecular weight excluding hydrogens is 362 g/mol. The molecule has 0 radical (unpaired) electrons. The van der Waals surface area contributed by atoms with E-state index in [0.717, 1.165) is 12.0 Å². The molecule has 27 heavy (non-hydrogen) atoms. The van der Waals surface area contributed by atoms with Crippen LogP contribution in [-0.2, 0) is 4.79 Å². The maximum absolute atomic E-state index is 12.0. The molecule has 2 rings (SSSR count). The molecule has 0 heterocycles. The summed E-state index contributed by atoms with van der Waals surface area (Å²) in [5.41, 5.74) is 6.13.